The third kappa shape index (κ3) is 4.94. The lowest BCUT2D eigenvalue weighted by molar-refractivity contribution is -0.155. The number of thioether (sulfide) groups is 1. The highest BCUT2D eigenvalue weighted by Crippen LogP contribution is 2.40. The molecule has 0 spiro atoms. The maximum atomic E-state index is 12.8. The predicted octanol–water partition coefficient (Wildman–Crippen LogP) is 2.72. The predicted molar refractivity (Wildman–Crippen MR) is 91.1 cm³/mol. The van der Waals surface area contributed by atoms with Crippen molar-refractivity contribution in [1.29, 1.82) is 0 Å². The first-order valence-corrected chi connectivity index (χ1v) is 9.20. The molecule has 1 aromatic rings. The first-order chi connectivity index (χ1) is 12.6. The summed E-state index contributed by atoms with van der Waals surface area (Å²) in [5.41, 5.74) is -0.808. The molecule has 2 N–H and O–H groups in total. The van der Waals surface area contributed by atoms with Crippen LogP contribution < -0.4 is 10.6 Å². The van der Waals surface area contributed by atoms with Crippen LogP contribution in [-0.2, 0) is 25.3 Å². The zero-order valence-corrected chi connectivity index (χ0v) is 15.1. The van der Waals surface area contributed by atoms with E-state index in [-0.39, 0.29) is 18.2 Å². The summed E-state index contributed by atoms with van der Waals surface area (Å²) in [6.07, 6.45) is -3.97. The van der Waals surface area contributed by atoms with Crippen molar-refractivity contribution < 1.29 is 32.3 Å². The van der Waals surface area contributed by atoms with Crippen molar-refractivity contribution in [3.8, 4) is 0 Å². The molecule has 146 valence electrons. The van der Waals surface area contributed by atoms with Gasteiger partial charge < -0.3 is 15.4 Å². The quantitative estimate of drug-likeness (QED) is 0.740. The van der Waals surface area contributed by atoms with E-state index >= 15 is 0 Å². The highest BCUT2D eigenvalue weighted by Gasteiger charge is 2.35. The molecule has 1 aliphatic heterocycles. The van der Waals surface area contributed by atoms with Gasteiger partial charge in [0, 0.05) is 10.9 Å². The second-order valence-corrected chi connectivity index (χ2v) is 7.67. The van der Waals surface area contributed by atoms with Gasteiger partial charge in [-0.3, -0.25) is 14.4 Å². The van der Waals surface area contributed by atoms with Crippen LogP contribution in [-0.4, -0.2) is 35.2 Å². The molecule has 27 heavy (non-hydrogen) atoms. The number of hydrogen-bond donors (Lipinski definition) is 2. The minimum Gasteiger partial charge on any atom is -0.453 e. The molecule has 2 atom stereocenters. The van der Waals surface area contributed by atoms with Gasteiger partial charge in [0.1, 0.15) is 0 Å². The number of carbonyl (C=O) groups is 3. The molecule has 2 unspecified atom stereocenters. The van der Waals surface area contributed by atoms with E-state index in [1.165, 1.54) is 13.0 Å². The largest absolute Gasteiger partial charge is 0.453 e. The molecule has 0 bridgehead atoms. The number of nitrogens with one attached hydrogen (secondary N) is 2. The minimum absolute atomic E-state index is 0.0571. The zero-order valence-electron chi connectivity index (χ0n) is 14.3. The van der Waals surface area contributed by atoms with Crippen LogP contribution in [0.25, 0.3) is 0 Å². The van der Waals surface area contributed by atoms with Crippen molar-refractivity contribution in [3.05, 3.63) is 23.8 Å². The minimum atomic E-state index is -4.51. The normalized spacial score (nSPS) is 20.3. The molecular formula is C17H17F3N2O4S. The van der Waals surface area contributed by atoms with Crippen molar-refractivity contribution in [2.45, 2.75) is 54.7 Å². The van der Waals surface area contributed by atoms with E-state index in [1.807, 2.05) is 0 Å². The molecule has 0 saturated heterocycles. The van der Waals surface area contributed by atoms with Gasteiger partial charge >= 0.3 is 12.1 Å². The van der Waals surface area contributed by atoms with Crippen LogP contribution in [0.2, 0.25) is 0 Å². The average Bonchev–Trinajstić information content (AvgIpc) is 3.38. The third-order valence-electron chi connectivity index (χ3n) is 4.08. The fourth-order valence-corrected chi connectivity index (χ4v) is 3.53. The molecule has 1 aromatic carbocycles. The third-order valence-corrected chi connectivity index (χ3v) is 5.35. The molecule has 2 aliphatic rings. The summed E-state index contributed by atoms with van der Waals surface area (Å²) < 4.78 is 43.3. The fourth-order valence-electron chi connectivity index (χ4n) is 2.46. The molecule has 2 amide bonds. The number of ether oxygens (including phenoxy) is 1. The Labute approximate surface area is 157 Å². The molecule has 1 saturated carbocycles. The average molecular weight is 402 g/mol. The maximum absolute atomic E-state index is 12.8. The smallest absolute Gasteiger partial charge is 0.416 e. The summed E-state index contributed by atoms with van der Waals surface area (Å²) in [6, 6.07) is 3.17. The summed E-state index contributed by atoms with van der Waals surface area (Å²) >= 11 is 0.988. The molecule has 0 aromatic heterocycles. The fraction of sp³-hybridized carbons (Fsp3) is 0.471. The second-order valence-electron chi connectivity index (χ2n) is 6.42. The van der Waals surface area contributed by atoms with Crippen LogP contribution >= 0.6 is 11.8 Å². The maximum Gasteiger partial charge on any atom is 0.416 e. The van der Waals surface area contributed by atoms with Gasteiger partial charge in [-0.1, -0.05) is 0 Å². The lowest BCUT2D eigenvalue weighted by Crippen LogP contribution is -2.38. The van der Waals surface area contributed by atoms with Gasteiger partial charge in [-0.2, -0.15) is 13.2 Å². The van der Waals surface area contributed by atoms with Gasteiger partial charge in [-0.15, -0.1) is 11.8 Å². The van der Waals surface area contributed by atoms with Gasteiger partial charge in [0.2, 0.25) is 5.91 Å². The van der Waals surface area contributed by atoms with Crippen LogP contribution in [0.15, 0.2) is 23.1 Å². The first kappa shape index (κ1) is 19.5. The number of amides is 2. The molecule has 0 radical (unpaired) electrons. The number of alkyl halides is 3. The van der Waals surface area contributed by atoms with Gasteiger partial charge in [0.25, 0.3) is 5.91 Å². The number of fused-ring (bicyclic) bond motifs is 1. The summed E-state index contributed by atoms with van der Waals surface area (Å²) in [4.78, 5) is 36.4. The Morgan fingerprint density at radius 3 is 2.70 bits per heavy atom. The Morgan fingerprint density at radius 1 is 1.37 bits per heavy atom. The van der Waals surface area contributed by atoms with Crippen molar-refractivity contribution in [3.63, 3.8) is 0 Å². The Hall–Kier alpha value is -2.23. The first-order valence-electron chi connectivity index (χ1n) is 8.32. The summed E-state index contributed by atoms with van der Waals surface area (Å²) in [6.45, 7) is 1.44. The SMILES string of the molecule is CC(OC(=O)CC1Sc2ccc(C(F)(F)F)cc2NC1=O)C(=O)NC1CC1. The lowest BCUT2D eigenvalue weighted by Gasteiger charge is -2.24. The van der Waals surface area contributed by atoms with E-state index in [0.717, 1.165) is 36.7 Å². The van der Waals surface area contributed by atoms with Crippen LogP contribution in [0.5, 0.6) is 0 Å². The molecule has 10 heteroatoms. The van der Waals surface area contributed by atoms with Crippen LogP contribution in [0.3, 0.4) is 0 Å². The van der Waals surface area contributed by atoms with E-state index < -0.39 is 40.9 Å². The second kappa shape index (κ2) is 7.41. The Bertz CT molecular complexity index is 780. The monoisotopic (exact) mass is 402 g/mol. The van der Waals surface area contributed by atoms with Gasteiger partial charge in [0.05, 0.1) is 22.9 Å². The Morgan fingerprint density at radius 2 is 2.07 bits per heavy atom. The number of halogens is 3. The van der Waals surface area contributed by atoms with E-state index in [9.17, 15) is 27.6 Å². The van der Waals surface area contributed by atoms with Gasteiger partial charge in [-0.05, 0) is 38.0 Å². The molecular weight excluding hydrogens is 385 g/mol. The van der Waals surface area contributed by atoms with E-state index in [0.29, 0.717) is 4.90 Å². The lowest BCUT2D eigenvalue weighted by atomic mass is 10.1. The van der Waals surface area contributed by atoms with Gasteiger partial charge in [-0.25, -0.2) is 0 Å². The Balaban J connectivity index is 1.59. The molecule has 1 aliphatic carbocycles. The number of hydrogen-bond acceptors (Lipinski definition) is 5. The van der Waals surface area contributed by atoms with Crippen molar-refractivity contribution in [2.75, 3.05) is 5.32 Å². The summed E-state index contributed by atoms with van der Waals surface area (Å²) in [5, 5.41) is 4.25. The standard InChI is InChI=1S/C17H17F3N2O4S/c1-8(15(24)21-10-3-4-10)26-14(23)7-13-16(25)22-11-6-9(17(18,19)20)2-5-12(11)27-13/h2,5-6,8,10,13H,3-4,7H2,1H3,(H,21,24)(H,22,25). The summed E-state index contributed by atoms with van der Waals surface area (Å²) in [5.74, 6) is -1.70. The van der Waals surface area contributed by atoms with E-state index in [1.54, 1.807) is 0 Å². The van der Waals surface area contributed by atoms with Crippen molar-refractivity contribution in [2.24, 2.45) is 0 Å². The van der Waals surface area contributed by atoms with Crippen LogP contribution in [0.1, 0.15) is 31.7 Å². The molecule has 6 nitrogen and oxygen atoms in total. The van der Waals surface area contributed by atoms with Crippen LogP contribution in [0.4, 0.5) is 18.9 Å². The Kier molecular flexibility index (Phi) is 5.36. The number of anilines is 1. The highest BCUT2D eigenvalue weighted by atomic mass is 32.2. The number of benzene rings is 1. The topological polar surface area (TPSA) is 84.5 Å². The zero-order chi connectivity index (χ0) is 19.8. The molecule has 1 fully saturated rings. The molecule has 3 rings (SSSR count). The van der Waals surface area contributed by atoms with Crippen molar-refractivity contribution in [1.82, 2.24) is 5.32 Å². The van der Waals surface area contributed by atoms with Gasteiger partial charge in [0.15, 0.2) is 6.10 Å². The number of carbonyl (C=O) groups excluding carboxylic acids is 3. The highest BCUT2D eigenvalue weighted by molar-refractivity contribution is 8.01. The van der Waals surface area contributed by atoms with E-state index in [4.69, 9.17) is 4.74 Å². The number of rotatable bonds is 5. The van der Waals surface area contributed by atoms with Crippen LogP contribution in [0, 0.1) is 0 Å². The summed E-state index contributed by atoms with van der Waals surface area (Å²) in [7, 11) is 0. The molecule has 1 heterocycles. The number of esters is 1. The van der Waals surface area contributed by atoms with Crippen molar-refractivity contribution >= 4 is 35.2 Å². The van der Waals surface area contributed by atoms with E-state index in [2.05, 4.69) is 10.6 Å².